The van der Waals surface area contributed by atoms with Crippen LogP contribution in [0.3, 0.4) is 0 Å². The highest BCUT2D eigenvalue weighted by Gasteiger charge is 2.29. The number of unbranched alkanes of at least 4 members (excludes halogenated alkanes) is 27. The summed E-state index contributed by atoms with van der Waals surface area (Å²) in [5.41, 5.74) is 0. The van der Waals surface area contributed by atoms with Gasteiger partial charge >= 0.3 is 33.6 Å². The molecule has 0 aliphatic heterocycles. The third kappa shape index (κ3) is 85.4. The van der Waals surface area contributed by atoms with Crippen LogP contribution in [-0.4, -0.2) is 95.9 Å². The van der Waals surface area contributed by atoms with Crippen LogP contribution in [0.15, 0.2) is 182 Å². The van der Waals surface area contributed by atoms with E-state index in [9.17, 15) is 43.5 Å². The molecule has 0 aliphatic rings. The van der Waals surface area contributed by atoms with Crippen molar-refractivity contribution in [1.29, 1.82) is 0 Å². The minimum atomic E-state index is -4.95. The highest BCUT2D eigenvalue weighted by atomic mass is 31.2. The van der Waals surface area contributed by atoms with Crippen molar-refractivity contribution >= 4 is 33.6 Å². The molecule has 0 fully saturated rings. The maximum Gasteiger partial charge on any atom is 0.472 e. The fourth-order valence-corrected chi connectivity index (χ4v) is 12.7. The number of rotatable bonds is 80. The molecule has 632 valence electrons. The van der Waals surface area contributed by atoms with Crippen LogP contribution in [0.1, 0.15) is 329 Å². The number of hydrogen-bond acceptors (Lipinski definition) is 14. The van der Waals surface area contributed by atoms with E-state index in [1.54, 1.807) is 0 Å². The lowest BCUT2D eigenvalue weighted by atomic mass is 10.0. The van der Waals surface area contributed by atoms with Crippen molar-refractivity contribution in [1.82, 2.24) is 0 Å². The summed E-state index contributed by atoms with van der Waals surface area (Å²) in [7, 11) is -9.82. The predicted molar refractivity (Wildman–Crippen MR) is 463 cm³/mol. The normalized spacial score (nSPS) is 14.8. The monoisotopic (exact) mass is 1590 g/mol. The van der Waals surface area contributed by atoms with Gasteiger partial charge in [0.2, 0.25) is 0 Å². The van der Waals surface area contributed by atoms with E-state index in [0.717, 1.165) is 205 Å². The maximum atomic E-state index is 13.1. The van der Waals surface area contributed by atoms with E-state index in [4.69, 9.17) is 32.3 Å². The average molecular weight is 1590 g/mol. The van der Waals surface area contributed by atoms with Gasteiger partial charge in [-0.3, -0.25) is 32.5 Å². The van der Waals surface area contributed by atoms with Crippen molar-refractivity contribution in [2.75, 3.05) is 39.6 Å². The van der Waals surface area contributed by atoms with E-state index in [-0.39, 0.29) is 19.3 Å². The first-order chi connectivity index (χ1) is 54.2. The molecule has 16 nitrogen and oxygen atoms in total. The molecule has 111 heavy (non-hydrogen) atoms. The van der Waals surface area contributed by atoms with Gasteiger partial charge in [0.15, 0.2) is 6.10 Å². The van der Waals surface area contributed by atoms with Gasteiger partial charge in [0, 0.05) is 19.3 Å². The lowest BCUT2D eigenvalue weighted by Gasteiger charge is -2.21. The predicted octanol–water partition coefficient (Wildman–Crippen LogP) is 26.1. The molecule has 0 saturated heterocycles. The second kappa shape index (κ2) is 84.1. The average Bonchev–Trinajstić information content (AvgIpc) is 0.898. The number of ether oxygens (including phenoxy) is 3. The number of phosphoric ester groups is 2. The number of esters is 3. The molecular formula is C93H154O16P2. The fraction of sp³-hybridized carbons (Fsp3) is 0.645. The molecule has 4 N–H and O–H groups in total. The molecule has 5 atom stereocenters. The lowest BCUT2D eigenvalue weighted by molar-refractivity contribution is -0.161. The second-order valence-corrected chi connectivity index (χ2v) is 31.1. The first kappa shape index (κ1) is 106. The van der Waals surface area contributed by atoms with Crippen molar-refractivity contribution in [2.24, 2.45) is 0 Å². The van der Waals surface area contributed by atoms with E-state index in [0.29, 0.717) is 19.3 Å². The first-order valence-corrected chi connectivity index (χ1v) is 46.1. The van der Waals surface area contributed by atoms with Gasteiger partial charge in [-0.25, -0.2) is 9.13 Å². The van der Waals surface area contributed by atoms with Crippen LogP contribution in [0.25, 0.3) is 0 Å². The van der Waals surface area contributed by atoms with Crippen molar-refractivity contribution < 1.29 is 75.8 Å². The van der Waals surface area contributed by atoms with Crippen LogP contribution in [0.4, 0.5) is 0 Å². The van der Waals surface area contributed by atoms with Crippen molar-refractivity contribution in [3.8, 4) is 0 Å². The fourth-order valence-electron chi connectivity index (χ4n) is 11.1. The molecule has 0 heterocycles. The van der Waals surface area contributed by atoms with E-state index in [2.05, 4.69) is 203 Å². The van der Waals surface area contributed by atoms with Gasteiger partial charge in [0.05, 0.1) is 26.4 Å². The summed E-state index contributed by atoms with van der Waals surface area (Å²) in [6.45, 7) is 2.40. The van der Waals surface area contributed by atoms with Gasteiger partial charge in [-0.15, -0.1) is 0 Å². The molecule has 0 aromatic heterocycles. The van der Waals surface area contributed by atoms with Crippen LogP contribution in [-0.2, 0) is 55.8 Å². The minimum absolute atomic E-state index is 0.0820. The van der Waals surface area contributed by atoms with Crippen molar-refractivity contribution in [3.63, 3.8) is 0 Å². The van der Waals surface area contributed by atoms with Gasteiger partial charge < -0.3 is 34.2 Å². The zero-order valence-electron chi connectivity index (χ0n) is 69.3. The number of aliphatic hydroxyl groups is 2. The molecule has 0 aromatic carbocycles. The highest BCUT2D eigenvalue weighted by Crippen LogP contribution is 2.45. The largest absolute Gasteiger partial charge is 0.472 e. The summed E-state index contributed by atoms with van der Waals surface area (Å²) in [5.74, 6) is -1.61. The molecule has 0 amide bonds. The Morgan fingerprint density at radius 1 is 0.261 bits per heavy atom. The Bertz CT molecular complexity index is 2750. The smallest absolute Gasteiger partial charge is 0.463 e. The number of carbonyl (C=O) groups excluding carboxylic acids is 3. The molecule has 0 radical (unpaired) electrons. The molecule has 18 heteroatoms. The number of hydrogen-bond donors (Lipinski definition) is 4. The van der Waals surface area contributed by atoms with E-state index < -0.39 is 91.5 Å². The number of allylic oxidation sites excluding steroid dienone is 30. The topological polar surface area (TPSA) is 231 Å². The third-order valence-electron chi connectivity index (χ3n) is 17.6. The van der Waals surface area contributed by atoms with Crippen LogP contribution in [0, 0.1) is 0 Å². The summed E-state index contributed by atoms with van der Waals surface area (Å²) in [4.78, 5) is 58.9. The van der Waals surface area contributed by atoms with Crippen molar-refractivity contribution in [2.45, 2.75) is 347 Å². The number of carbonyl (C=O) groups is 3. The maximum absolute atomic E-state index is 13.1. The zero-order chi connectivity index (χ0) is 80.8. The molecule has 0 aromatic rings. The van der Waals surface area contributed by atoms with E-state index >= 15 is 0 Å². The first-order valence-electron chi connectivity index (χ1n) is 43.1. The summed E-state index contributed by atoms with van der Waals surface area (Å²) < 4.78 is 61.4. The SMILES string of the molecule is CC/C=C\C/C=C\C/C=C\C/C=C\C/C=C\C/C=C\CCCCCCCCC(=O)OCC(COP(=O)(O)OCC(O)COP(=O)(O)OCC(O)COC(=O)CCCCCCCCCCCCC/C=C\C/C=C\C/C=C\C/C=C\C/C=C\CC)OC(=O)CCCCCCCCC/C=C\C/C=C\C/C=C\C/C=C\CCCCC. The second-order valence-electron chi connectivity index (χ2n) is 28.2. The molecule has 0 bridgehead atoms. The molecule has 0 aliphatic carbocycles. The van der Waals surface area contributed by atoms with Gasteiger partial charge in [0.25, 0.3) is 0 Å². The minimum Gasteiger partial charge on any atom is -0.463 e. The van der Waals surface area contributed by atoms with Gasteiger partial charge in [-0.2, -0.15) is 0 Å². The number of phosphoric acid groups is 2. The Labute approximate surface area is 675 Å². The standard InChI is InChI=1S/C93H154O16P2/c1-4-7-10-13-16-19-22-25-28-31-34-37-40-42-43-45-48-49-52-55-58-61-64-67-70-73-76-79-91(96)103-82-88(94)83-105-110(99,100)106-84-89(95)85-107-111(101,102)108-87-90(109-93(98)81-78-75-72-69-66-63-60-57-54-51-46-39-36-33-30-27-24-21-18-15-12-9-6-3)86-104-92(97)80-77-74-71-68-65-62-59-56-53-50-47-44-41-38-35-32-29-26-23-20-17-14-11-8-5-2/h7-8,10-11,16-21,25-30,34-39,42-44,47,51,53-54,56,88-90,94-95H,4-6,9,12-15,22-24,31-33,40-41,45-46,48-50,52,55,57-87H2,1-3H3,(H,99,100)(H,101,102)/b10-7-,11-8-,19-16-,20-17-,21-18-,28-25-,29-26-,30-27-,37-34-,38-35-,39-36-,43-42-,47-44-,54-51-,56-53-. The van der Waals surface area contributed by atoms with E-state index in [1.807, 2.05) is 0 Å². The Morgan fingerprint density at radius 3 is 0.757 bits per heavy atom. The van der Waals surface area contributed by atoms with Crippen LogP contribution >= 0.6 is 15.6 Å². The molecule has 0 spiro atoms. The van der Waals surface area contributed by atoms with Crippen LogP contribution < -0.4 is 0 Å². The summed E-state index contributed by atoms with van der Waals surface area (Å²) >= 11 is 0. The quantitative estimate of drug-likeness (QED) is 0.0146. The van der Waals surface area contributed by atoms with Crippen molar-refractivity contribution in [3.05, 3.63) is 182 Å². The molecule has 0 rings (SSSR count). The Morgan fingerprint density at radius 2 is 0.477 bits per heavy atom. The Hall–Kier alpha value is -5.35. The Kier molecular flexibility index (Phi) is 80.0. The third-order valence-corrected chi connectivity index (χ3v) is 19.5. The number of aliphatic hydroxyl groups excluding tert-OH is 2. The van der Waals surface area contributed by atoms with Gasteiger partial charge in [-0.1, -0.05) is 331 Å². The molecule has 5 unspecified atom stereocenters. The zero-order valence-corrected chi connectivity index (χ0v) is 71.1. The molecule has 0 saturated carbocycles. The highest BCUT2D eigenvalue weighted by molar-refractivity contribution is 7.47. The molecular weight excluding hydrogens is 1430 g/mol. The summed E-state index contributed by atoms with van der Waals surface area (Å²) in [6, 6.07) is 0. The summed E-state index contributed by atoms with van der Waals surface area (Å²) in [5, 5.41) is 20.7. The van der Waals surface area contributed by atoms with Crippen LogP contribution in [0.5, 0.6) is 0 Å². The Balaban J connectivity index is 4.71. The van der Waals surface area contributed by atoms with Gasteiger partial charge in [0.1, 0.15) is 25.4 Å². The summed E-state index contributed by atoms with van der Waals surface area (Å²) in [6.07, 6.45) is 109. The van der Waals surface area contributed by atoms with Crippen LogP contribution in [0.2, 0.25) is 0 Å². The van der Waals surface area contributed by atoms with E-state index in [1.165, 1.54) is 64.2 Å². The lowest BCUT2D eigenvalue weighted by Crippen LogP contribution is -2.30. The van der Waals surface area contributed by atoms with Gasteiger partial charge in [-0.05, 0) is 161 Å².